The molecule has 1 atom stereocenters. The number of ketones is 1. The van der Waals surface area contributed by atoms with Crippen molar-refractivity contribution in [2.24, 2.45) is 22.8 Å². The molecule has 1 amide bonds. The summed E-state index contributed by atoms with van der Waals surface area (Å²) in [6, 6.07) is 0. The number of ether oxygens (including phenoxy) is 1. The highest BCUT2D eigenvalue weighted by Crippen LogP contribution is 2.44. The summed E-state index contributed by atoms with van der Waals surface area (Å²) < 4.78 is 5.46. The van der Waals surface area contributed by atoms with E-state index in [9.17, 15) is 9.59 Å². The second-order valence-corrected chi connectivity index (χ2v) is 5.74. The van der Waals surface area contributed by atoms with Crippen LogP contribution < -0.4 is 11.5 Å². The lowest BCUT2D eigenvalue weighted by Crippen LogP contribution is -2.36. The first-order valence-electron chi connectivity index (χ1n) is 5.96. The lowest BCUT2D eigenvalue weighted by molar-refractivity contribution is -0.119. The van der Waals surface area contributed by atoms with E-state index in [4.69, 9.17) is 16.2 Å². The Kier molecular flexibility index (Phi) is 2.72. The van der Waals surface area contributed by atoms with Crippen molar-refractivity contribution in [3.8, 4) is 0 Å². The molecule has 5 nitrogen and oxygen atoms in total. The highest BCUT2D eigenvalue weighted by molar-refractivity contribution is 6.02. The van der Waals surface area contributed by atoms with Gasteiger partial charge in [-0.05, 0) is 5.41 Å². The number of hydrogen-bond donors (Lipinski definition) is 2. The minimum absolute atomic E-state index is 0.0139. The SMILES string of the molecule is C[C@@H]1C(C(N)=O)=C(N)OC2=C1C(=O)CC(C)(C)C2. The number of nitrogens with two attached hydrogens (primary N) is 2. The van der Waals surface area contributed by atoms with E-state index >= 15 is 0 Å². The molecule has 1 heterocycles. The number of allylic oxidation sites excluding steroid dienone is 2. The van der Waals surface area contributed by atoms with Gasteiger partial charge in [0.2, 0.25) is 0 Å². The smallest absolute Gasteiger partial charge is 0.250 e. The van der Waals surface area contributed by atoms with Crippen molar-refractivity contribution in [3.05, 3.63) is 22.8 Å². The monoisotopic (exact) mass is 250 g/mol. The molecule has 0 spiro atoms. The second kappa shape index (κ2) is 3.86. The number of carbonyl (C=O) groups excluding carboxylic acids is 2. The molecular formula is C13H18N2O3. The van der Waals surface area contributed by atoms with Gasteiger partial charge in [0.05, 0.1) is 5.57 Å². The zero-order chi connectivity index (χ0) is 13.7. The number of amides is 1. The maximum Gasteiger partial charge on any atom is 0.250 e. The molecule has 2 aliphatic rings. The van der Waals surface area contributed by atoms with E-state index < -0.39 is 5.91 Å². The van der Waals surface area contributed by atoms with E-state index in [-0.39, 0.29) is 28.6 Å². The van der Waals surface area contributed by atoms with Crippen molar-refractivity contribution >= 4 is 11.7 Å². The van der Waals surface area contributed by atoms with Crippen LogP contribution in [0.4, 0.5) is 0 Å². The average Bonchev–Trinajstić information content (AvgIpc) is 2.11. The van der Waals surface area contributed by atoms with Gasteiger partial charge in [0.1, 0.15) is 5.76 Å². The first kappa shape index (κ1) is 12.7. The van der Waals surface area contributed by atoms with Crippen LogP contribution >= 0.6 is 0 Å². The molecule has 0 radical (unpaired) electrons. The predicted molar refractivity (Wildman–Crippen MR) is 65.7 cm³/mol. The molecule has 1 aliphatic heterocycles. The first-order chi connectivity index (χ1) is 8.23. The first-order valence-corrected chi connectivity index (χ1v) is 5.96. The van der Waals surface area contributed by atoms with E-state index in [1.54, 1.807) is 6.92 Å². The van der Waals surface area contributed by atoms with E-state index in [2.05, 4.69) is 0 Å². The average molecular weight is 250 g/mol. The van der Waals surface area contributed by atoms with Gasteiger partial charge >= 0.3 is 0 Å². The van der Waals surface area contributed by atoms with Crippen LogP contribution in [0.2, 0.25) is 0 Å². The quantitative estimate of drug-likeness (QED) is 0.724. The summed E-state index contributed by atoms with van der Waals surface area (Å²) in [5.74, 6) is -0.385. The Balaban J connectivity index is 2.46. The van der Waals surface area contributed by atoms with Crippen LogP contribution in [0.15, 0.2) is 22.8 Å². The lowest BCUT2D eigenvalue weighted by Gasteiger charge is -2.36. The molecule has 98 valence electrons. The maximum absolute atomic E-state index is 12.2. The van der Waals surface area contributed by atoms with Crippen LogP contribution in [-0.4, -0.2) is 11.7 Å². The second-order valence-electron chi connectivity index (χ2n) is 5.74. The van der Waals surface area contributed by atoms with Gasteiger partial charge < -0.3 is 16.2 Å². The van der Waals surface area contributed by atoms with Gasteiger partial charge in [-0.2, -0.15) is 0 Å². The van der Waals surface area contributed by atoms with Crippen LogP contribution in [0.3, 0.4) is 0 Å². The molecule has 0 aromatic carbocycles. The van der Waals surface area contributed by atoms with E-state index in [0.29, 0.717) is 24.2 Å². The van der Waals surface area contributed by atoms with Crippen LogP contribution in [0.5, 0.6) is 0 Å². The highest BCUT2D eigenvalue weighted by atomic mass is 16.5. The normalized spacial score (nSPS) is 26.8. The van der Waals surface area contributed by atoms with Crippen molar-refractivity contribution in [1.82, 2.24) is 0 Å². The Bertz CT molecular complexity index is 500. The molecule has 2 rings (SSSR count). The molecule has 18 heavy (non-hydrogen) atoms. The van der Waals surface area contributed by atoms with Crippen LogP contribution in [-0.2, 0) is 14.3 Å². The number of rotatable bonds is 1. The summed E-state index contributed by atoms with van der Waals surface area (Å²) in [4.78, 5) is 23.5. The van der Waals surface area contributed by atoms with Crippen LogP contribution in [0, 0.1) is 11.3 Å². The molecule has 1 aliphatic carbocycles. The fourth-order valence-corrected chi connectivity index (χ4v) is 2.73. The minimum Gasteiger partial charge on any atom is -0.445 e. The minimum atomic E-state index is -0.635. The third-order valence-corrected chi connectivity index (χ3v) is 3.51. The summed E-state index contributed by atoms with van der Waals surface area (Å²) in [5.41, 5.74) is 11.6. The molecule has 0 saturated carbocycles. The van der Waals surface area contributed by atoms with Crippen LogP contribution in [0.1, 0.15) is 33.6 Å². The van der Waals surface area contributed by atoms with Crippen LogP contribution in [0.25, 0.3) is 0 Å². The molecule has 0 bridgehead atoms. The third-order valence-electron chi connectivity index (χ3n) is 3.51. The standard InChI is InChI=1S/C13H18N2O3/c1-6-9-7(16)4-13(2,3)5-8(9)18-12(15)10(6)11(14)17/h6H,4-5,15H2,1-3H3,(H2,14,17)/t6-/m0/s1. The van der Waals surface area contributed by atoms with Gasteiger partial charge in [0.15, 0.2) is 11.7 Å². The van der Waals surface area contributed by atoms with Crippen molar-refractivity contribution < 1.29 is 14.3 Å². The fourth-order valence-electron chi connectivity index (χ4n) is 2.73. The Morgan fingerprint density at radius 3 is 2.56 bits per heavy atom. The summed E-state index contributed by atoms with van der Waals surface area (Å²) in [7, 11) is 0. The van der Waals surface area contributed by atoms with Crippen molar-refractivity contribution in [2.75, 3.05) is 0 Å². The molecule has 5 heteroatoms. The Morgan fingerprint density at radius 2 is 2.00 bits per heavy atom. The molecule has 0 unspecified atom stereocenters. The van der Waals surface area contributed by atoms with E-state index in [0.717, 1.165) is 0 Å². The molecule has 4 N–H and O–H groups in total. The topological polar surface area (TPSA) is 95.4 Å². The van der Waals surface area contributed by atoms with Gasteiger partial charge in [0.25, 0.3) is 5.91 Å². The Morgan fingerprint density at radius 1 is 1.39 bits per heavy atom. The predicted octanol–water partition coefficient (Wildman–Crippen LogP) is 0.951. The lowest BCUT2D eigenvalue weighted by atomic mass is 9.72. The number of hydrogen-bond acceptors (Lipinski definition) is 4. The number of carbonyl (C=O) groups is 2. The molecule has 0 aromatic heterocycles. The molecular weight excluding hydrogens is 232 g/mol. The molecule has 0 saturated heterocycles. The van der Waals surface area contributed by atoms with Gasteiger partial charge in [-0.1, -0.05) is 20.8 Å². The summed E-state index contributed by atoms with van der Waals surface area (Å²) in [5, 5.41) is 0. The summed E-state index contributed by atoms with van der Waals surface area (Å²) in [6.45, 7) is 5.78. The maximum atomic E-state index is 12.2. The Labute approximate surface area is 106 Å². The van der Waals surface area contributed by atoms with Crippen molar-refractivity contribution in [2.45, 2.75) is 33.6 Å². The largest absolute Gasteiger partial charge is 0.445 e. The zero-order valence-electron chi connectivity index (χ0n) is 10.9. The van der Waals surface area contributed by atoms with E-state index in [1.165, 1.54) is 0 Å². The summed E-state index contributed by atoms with van der Waals surface area (Å²) in [6.07, 6.45) is 1.09. The summed E-state index contributed by atoms with van der Waals surface area (Å²) >= 11 is 0. The third kappa shape index (κ3) is 1.89. The molecule has 0 fully saturated rings. The van der Waals surface area contributed by atoms with Gasteiger partial charge in [-0.25, -0.2) is 0 Å². The van der Waals surface area contributed by atoms with Gasteiger partial charge in [0, 0.05) is 24.3 Å². The van der Waals surface area contributed by atoms with Crippen molar-refractivity contribution in [3.63, 3.8) is 0 Å². The number of primary amides is 1. The van der Waals surface area contributed by atoms with Crippen molar-refractivity contribution in [1.29, 1.82) is 0 Å². The number of Topliss-reactive ketones (excluding diaryl/α,β-unsaturated/α-hetero) is 1. The molecule has 0 aromatic rings. The van der Waals surface area contributed by atoms with Gasteiger partial charge in [-0.15, -0.1) is 0 Å². The van der Waals surface area contributed by atoms with Gasteiger partial charge in [-0.3, -0.25) is 9.59 Å². The highest BCUT2D eigenvalue weighted by Gasteiger charge is 2.41. The Hall–Kier alpha value is -1.78. The zero-order valence-corrected chi connectivity index (χ0v) is 10.9. The fraction of sp³-hybridized carbons (Fsp3) is 0.538. The van der Waals surface area contributed by atoms with E-state index in [1.807, 2.05) is 13.8 Å².